The summed E-state index contributed by atoms with van der Waals surface area (Å²) in [6, 6.07) is 4.80. The zero-order valence-corrected chi connectivity index (χ0v) is 11.9. The highest BCUT2D eigenvalue weighted by Crippen LogP contribution is 2.05. The first-order valence-electron chi connectivity index (χ1n) is 6.22. The van der Waals surface area contributed by atoms with Gasteiger partial charge in [-0.05, 0) is 19.1 Å². The van der Waals surface area contributed by atoms with E-state index in [9.17, 15) is 14.4 Å². The molecule has 0 fully saturated rings. The van der Waals surface area contributed by atoms with Crippen LogP contribution in [-0.2, 0) is 16.1 Å². The quantitative estimate of drug-likeness (QED) is 0.754. The van der Waals surface area contributed by atoms with Crippen molar-refractivity contribution in [2.24, 2.45) is 5.73 Å². The zero-order valence-electron chi connectivity index (χ0n) is 11.9. The number of aliphatic carboxylic acids is 1. The van der Waals surface area contributed by atoms with Gasteiger partial charge in [-0.15, -0.1) is 0 Å². The monoisotopic (exact) mass is 294 g/mol. The van der Waals surface area contributed by atoms with E-state index in [2.05, 4.69) is 4.98 Å². The van der Waals surface area contributed by atoms with Crippen molar-refractivity contribution in [1.82, 2.24) is 14.8 Å². The van der Waals surface area contributed by atoms with Crippen molar-refractivity contribution in [3.8, 4) is 0 Å². The van der Waals surface area contributed by atoms with E-state index < -0.39 is 31.0 Å². The molecule has 0 atom stereocenters. The highest BCUT2D eigenvalue weighted by atomic mass is 16.4. The van der Waals surface area contributed by atoms with Crippen LogP contribution in [0.4, 0.5) is 4.79 Å². The number of hydrogen-bond donors (Lipinski definition) is 2. The van der Waals surface area contributed by atoms with Gasteiger partial charge in [0.15, 0.2) is 0 Å². The van der Waals surface area contributed by atoms with Gasteiger partial charge in [-0.3, -0.25) is 14.6 Å². The Morgan fingerprint density at radius 3 is 2.48 bits per heavy atom. The van der Waals surface area contributed by atoms with Crippen molar-refractivity contribution in [3.63, 3.8) is 0 Å². The Morgan fingerprint density at radius 1 is 1.29 bits per heavy atom. The number of nitrogens with two attached hydrogens (primary N) is 1. The highest BCUT2D eigenvalue weighted by molar-refractivity contribution is 5.85. The van der Waals surface area contributed by atoms with Gasteiger partial charge in [-0.25, -0.2) is 4.79 Å². The largest absolute Gasteiger partial charge is 0.480 e. The summed E-state index contributed by atoms with van der Waals surface area (Å²) in [5.41, 5.74) is 6.50. The Balaban J connectivity index is 2.77. The summed E-state index contributed by atoms with van der Waals surface area (Å²) < 4.78 is 0. The number of carboxylic acids is 1. The van der Waals surface area contributed by atoms with Gasteiger partial charge < -0.3 is 20.6 Å². The van der Waals surface area contributed by atoms with Crippen LogP contribution in [0.15, 0.2) is 18.2 Å². The third kappa shape index (κ3) is 5.47. The molecule has 3 amide bonds. The number of carbonyl (C=O) groups is 3. The predicted octanol–water partition coefficient (Wildman–Crippen LogP) is -0.186. The molecule has 0 bridgehead atoms. The summed E-state index contributed by atoms with van der Waals surface area (Å²) in [7, 11) is 1.50. The van der Waals surface area contributed by atoms with E-state index in [0.29, 0.717) is 5.69 Å². The van der Waals surface area contributed by atoms with Crippen LogP contribution in [0.25, 0.3) is 0 Å². The summed E-state index contributed by atoms with van der Waals surface area (Å²) in [5.74, 6) is -1.99. The summed E-state index contributed by atoms with van der Waals surface area (Å²) >= 11 is 0. The van der Waals surface area contributed by atoms with Crippen LogP contribution in [0.1, 0.15) is 11.4 Å². The second-order valence-corrected chi connectivity index (χ2v) is 4.63. The molecular weight excluding hydrogens is 276 g/mol. The average Bonchev–Trinajstić information content (AvgIpc) is 2.35. The summed E-state index contributed by atoms with van der Waals surface area (Å²) in [6.07, 6.45) is 0. The lowest BCUT2D eigenvalue weighted by atomic mass is 10.3. The first kappa shape index (κ1) is 16.4. The number of carboxylic acid groups (broad SMARTS) is 1. The van der Waals surface area contributed by atoms with Crippen molar-refractivity contribution in [2.75, 3.05) is 20.1 Å². The Hall–Kier alpha value is -2.64. The number of amides is 3. The fraction of sp³-hybridized carbons (Fsp3) is 0.385. The second-order valence-electron chi connectivity index (χ2n) is 4.63. The molecule has 8 nitrogen and oxygen atoms in total. The van der Waals surface area contributed by atoms with Gasteiger partial charge >= 0.3 is 12.0 Å². The average molecular weight is 294 g/mol. The number of hydrogen-bond acceptors (Lipinski definition) is 4. The number of rotatable bonds is 6. The third-order valence-corrected chi connectivity index (χ3v) is 2.62. The molecule has 8 heteroatoms. The summed E-state index contributed by atoms with van der Waals surface area (Å²) in [4.78, 5) is 40.2. The summed E-state index contributed by atoms with van der Waals surface area (Å²) in [6.45, 7) is 0.995. The fourth-order valence-corrected chi connectivity index (χ4v) is 1.78. The van der Waals surface area contributed by atoms with Crippen LogP contribution in [-0.4, -0.2) is 57.9 Å². The molecule has 114 valence electrons. The van der Waals surface area contributed by atoms with Gasteiger partial charge in [0.05, 0.1) is 12.2 Å². The summed E-state index contributed by atoms with van der Waals surface area (Å²) in [5, 5.41) is 8.78. The lowest BCUT2D eigenvalue weighted by molar-refractivity contribution is -0.138. The molecule has 21 heavy (non-hydrogen) atoms. The number of primary amides is 1. The van der Waals surface area contributed by atoms with E-state index in [0.717, 1.165) is 10.6 Å². The zero-order chi connectivity index (χ0) is 16.0. The van der Waals surface area contributed by atoms with E-state index in [1.54, 1.807) is 6.07 Å². The Kier molecular flexibility index (Phi) is 5.65. The first-order valence-corrected chi connectivity index (χ1v) is 6.22. The van der Waals surface area contributed by atoms with Crippen LogP contribution in [0, 0.1) is 6.92 Å². The molecule has 0 unspecified atom stereocenters. The van der Waals surface area contributed by atoms with Crippen molar-refractivity contribution in [1.29, 1.82) is 0 Å². The van der Waals surface area contributed by atoms with E-state index in [4.69, 9.17) is 10.8 Å². The van der Waals surface area contributed by atoms with Gasteiger partial charge in [-0.2, -0.15) is 0 Å². The molecule has 0 aliphatic rings. The minimum Gasteiger partial charge on any atom is -0.480 e. The number of nitrogens with zero attached hydrogens (tertiary/aromatic N) is 3. The fourth-order valence-electron chi connectivity index (χ4n) is 1.78. The maximum Gasteiger partial charge on any atom is 0.323 e. The first-order chi connectivity index (χ1) is 9.79. The minimum atomic E-state index is -1.22. The highest BCUT2D eigenvalue weighted by Gasteiger charge is 2.22. The molecule has 3 N–H and O–H groups in total. The number of urea groups is 1. The van der Waals surface area contributed by atoms with Gasteiger partial charge in [-0.1, -0.05) is 6.07 Å². The maximum absolute atomic E-state index is 12.2. The number of aryl methyl sites for hydroxylation is 1. The Bertz CT molecular complexity index is 531. The topological polar surface area (TPSA) is 117 Å². The minimum absolute atomic E-state index is 0.204. The van der Waals surface area contributed by atoms with E-state index in [-0.39, 0.29) is 6.54 Å². The van der Waals surface area contributed by atoms with Crippen molar-refractivity contribution in [2.45, 2.75) is 13.5 Å². The molecule has 1 aromatic heterocycles. The van der Waals surface area contributed by atoms with E-state index >= 15 is 0 Å². The van der Waals surface area contributed by atoms with Gasteiger partial charge in [0.25, 0.3) is 0 Å². The van der Waals surface area contributed by atoms with Gasteiger partial charge in [0, 0.05) is 12.7 Å². The smallest absolute Gasteiger partial charge is 0.323 e. The molecule has 0 saturated heterocycles. The lowest BCUT2D eigenvalue weighted by Gasteiger charge is -2.25. The molecule has 0 saturated carbocycles. The molecule has 1 aromatic rings. The normalized spacial score (nSPS) is 10.0. The molecule has 0 aliphatic carbocycles. The number of pyridine rings is 1. The van der Waals surface area contributed by atoms with Gasteiger partial charge in [0.2, 0.25) is 5.91 Å². The number of aromatic nitrogens is 1. The molecule has 0 aliphatic heterocycles. The molecule has 1 rings (SSSR count). The van der Waals surface area contributed by atoms with E-state index in [1.807, 2.05) is 19.1 Å². The van der Waals surface area contributed by atoms with Crippen LogP contribution in [0.3, 0.4) is 0 Å². The van der Waals surface area contributed by atoms with Gasteiger partial charge in [0.1, 0.15) is 13.1 Å². The van der Waals surface area contributed by atoms with Crippen molar-refractivity contribution in [3.05, 3.63) is 29.6 Å². The SMILES string of the molecule is Cc1cccc(CN(C)C(=O)N(CC(N)=O)CC(=O)O)n1. The predicted molar refractivity (Wildman–Crippen MR) is 74.2 cm³/mol. The van der Waals surface area contributed by atoms with Crippen molar-refractivity contribution >= 4 is 17.9 Å². The van der Waals surface area contributed by atoms with Crippen LogP contribution in [0.5, 0.6) is 0 Å². The third-order valence-electron chi connectivity index (χ3n) is 2.62. The Labute approximate surface area is 122 Å². The van der Waals surface area contributed by atoms with Crippen LogP contribution < -0.4 is 5.73 Å². The molecular formula is C13H18N4O4. The molecule has 0 spiro atoms. The van der Waals surface area contributed by atoms with Crippen molar-refractivity contribution < 1.29 is 19.5 Å². The van der Waals surface area contributed by atoms with Crippen LogP contribution in [0.2, 0.25) is 0 Å². The maximum atomic E-state index is 12.2. The Morgan fingerprint density at radius 2 is 1.95 bits per heavy atom. The van der Waals surface area contributed by atoms with E-state index in [1.165, 1.54) is 11.9 Å². The standard InChI is InChI=1S/C13H18N4O4/c1-9-4-3-5-10(15-9)6-16(2)13(21)17(7-11(14)18)8-12(19)20/h3-5H,6-8H2,1-2H3,(H2,14,18)(H,19,20). The number of carbonyl (C=O) groups excluding carboxylic acids is 2. The lowest BCUT2D eigenvalue weighted by Crippen LogP contribution is -2.47. The second kappa shape index (κ2) is 7.22. The van der Waals surface area contributed by atoms with Crippen LogP contribution >= 0.6 is 0 Å². The molecule has 0 radical (unpaired) electrons. The molecule has 1 heterocycles. The molecule has 0 aromatic carbocycles.